The first kappa shape index (κ1) is 16.7. The van der Waals surface area contributed by atoms with Gasteiger partial charge in [-0.25, -0.2) is 0 Å². The molecule has 0 spiro atoms. The molecular weight excluding hydrogens is 296 g/mol. The summed E-state index contributed by atoms with van der Waals surface area (Å²) >= 11 is 0. The fourth-order valence-electron chi connectivity index (χ4n) is 2.48. The van der Waals surface area contributed by atoms with Gasteiger partial charge in [0.05, 0.1) is 24.3 Å². The number of fused-ring (bicyclic) bond motifs is 1. The molecule has 0 bridgehead atoms. The summed E-state index contributed by atoms with van der Waals surface area (Å²) in [7, 11) is 0. The lowest BCUT2D eigenvalue weighted by Gasteiger charge is -2.21. The predicted molar refractivity (Wildman–Crippen MR) is 86.1 cm³/mol. The first-order chi connectivity index (χ1) is 11.1. The van der Waals surface area contributed by atoms with Crippen molar-refractivity contribution in [3.63, 3.8) is 0 Å². The molecule has 2 rings (SSSR count). The highest BCUT2D eigenvalue weighted by atomic mass is 16.5. The molecule has 122 valence electrons. The monoisotopic (exact) mass is 316 g/mol. The van der Waals surface area contributed by atoms with Gasteiger partial charge in [-0.05, 0) is 19.1 Å². The van der Waals surface area contributed by atoms with Crippen LogP contribution in [0.5, 0.6) is 0 Å². The Kier molecular flexibility index (Phi) is 5.51. The van der Waals surface area contributed by atoms with Crippen LogP contribution in [0.4, 0.5) is 5.69 Å². The van der Waals surface area contributed by atoms with Crippen molar-refractivity contribution in [2.24, 2.45) is 0 Å². The Balaban J connectivity index is 2.25. The van der Waals surface area contributed by atoms with Gasteiger partial charge in [-0.3, -0.25) is 14.4 Å². The minimum Gasteiger partial charge on any atom is -0.466 e. The van der Waals surface area contributed by atoms with Crippen molar-refractivity contribution >= 4 is 23.5 Å². The second-order valence-electron chi connectivity index (χ2n) is 5.09. The highest BCUT2D eigenvalue weighted by Crippen LogP contribution is 2.25. The van der Waals surface area contributed by atoms with Crippen molar-refractivity contribution < 1.29 is 19.1 Å². The molecule has 2 amide bonds. The molecule has 6 nitrogen and oxygen atoms in total. The zero-order valence-electron chi connectivity index (χ0n) is 13.2. The van der Waals surface area contributed by atoms with Crippen molar-refractivity contribution in [1.82, 2.24) is 4.90 Å². The van der Waals surface area contributed by atoms with Gasteiger partial charge in [-0.2, -0.15) is 0 Å². The zero-order chi connectivity index (χ0) is 16.8. The quantitative estimate of drug-likeness (QED) is 0.591. The highest BCUT2D eigenvalue weighted by Gasteiger charge is 2.30. The number of hydrogen-bond acceptors (Lipinski definition) is 4. The standard InChI is InChI=1S/C17H20N2O4/c1-3-10-19-14-8-6-5-7-13(14)17(22)18(12-15(19)20)11-9-16(21)23-4-2/h3,5-8H,1,4,9-12H2,2H3. The fourth-order valence-corrected chi connectivity index (χ4v) is 2.48. The van der Waals surface area contributed by atoms with E-state index in [4.69, 9.17) is 4.74 Å². The average Bonchev–Trinajstić information content (AvgIpc) is 2.64. The van der Waals surface area contributed by atoms with Crippen LogP contribution in [0.2, 0.25) is 0 Å². The molecule has 1 aromatic rings. The van der Waals surface area contributed by atoms with Crippen molar-refractivity contribution in [3.05, 3.63) is 42.5 Å². The predicted octanol–water partition coefficient (Wildman–Crippen LogP) is 1.61. The molecule has 0 saturated carbocycles. The smallest absolute Gasteiger partial charge is 0.307 e. The number of carbonyl (C=O) groups is 3. The topological polar surface area (TPSA) is 66.9 Å². The first-order valence-corrected chi connectivity index (χ1v) is 7.53. The maximum Gasteiger partial charge on any atom is 0.307 e. The first-order valence-electron chi connectivity index (χ1n) is 7.53. The lowest BCUT2D eigenvalue weighted by molar-refractivity contribution is -0.143. The molecule has 1 aromatic carbocycles. The third-order valence-corrected chi connectivity index (χ3v) is 3.54. The number of benzene rings is 1. The van der Waals surface area contributed by atoms with Crippen molar-refractivity contribution in [1.29, 1.82) is 0 Å². The Bertz CT molecular complexity index is 627. The molecule has 0 radical (unpaired) electrons. The minimum atomic E-state index is -0.381. The highest BCUT2D eigenvalue weighted by molar-refractivity contribution is 6.09. The molecule has 1 aliphatic rings. The lowest BCUT2D eigenvalue weighted by atomic mass is 10.1. The molecule has 0 N–H and O–H groups in total. The largest absolute Gasteiger partial charge is 0.466 e. The summed E-state index contributed by atoms with van der Waals surface area (Å²) in [6.45, 7) is 6.09. The van der Waals surface area contributed by atoms with Gasteiger partial charge in [0.25, 0.3) is 5.91 Å². The number of carbonyl (C=O) groups excluding carboxylic acids is 3. The van der Waals surface area contributed by atoms with E-state index < -0.39 is 0 Å². The zero-order valence-corrected chi connectivity index (χ0v) is 13.2. The maximum atomic E-state index is 12.7. The molecule has 1 aliphatic heterocycles. The number of amides is 2. The average molecular weight is 316 g/mol. The summed E-state index contributed by atoms with van der Waals surface area (Å²) in [6, 6.07) is 6.96. The third kappa shape index (κ3) is 3.77. The summed E-state index contributed by atoms with van der Waals surface area (Å²) in [5.74, 6) is -0.843. The van der Waals surface area contributed by atoms with Gasteiger partial charge in [0, 0.05) is 13.1 Å². The lowest BCUT2D eigenvalue weighted by Crippen LogP contribution is -2.40. The number of nitrogens with zero attached hydrogens (tertiary/aromatic N) is 2. The van der Waals surface area contributed by atoms with Gasteiger partial charge >= 0.3 is 5.97 Å². The van der Waals surface area contributed by atoms with E-state index in [9.17, 15) is 14.4 Å². The van der Waals surface area contributed by atoms with Crippen LogP contribution in [0.1, 0.15) is 23.7 Å². The summed E-state index contributed by atoms with van der Waals surface area (Å²) in [6.07, 6.45) is 1.68. The van der Waals surface area contributed by atoms with E-state index in [1.165, 1.54) is 9.80 Å². The molecular formula is C17H20N2O4. The number of para-hydroxylation sites is 1. The normalized spacial score (nSPS) is 14.3. The Hall–Kier alpha value is -2.63. The number of anilines is 1. The van der Waals surface area contributed by atoms with Crippen molar-refractivity contribution in [3.8, 4) is 0 Å². The van der Waals surface area contributed by atoms with E-state index in [1.54, 1.807) is 37.3 Å². The second kappa shape index (κ2) is 7.58. The van der Waals surface area contributed by atoms with Crippen molar-refractivity contribution in [2.45, 2.75) is 13.3 Å². The van der Waals surface area contributed by atoms with Gasteiger partial charge < -0.3 is 14.5 Å². The molecule has 0 aliphatic carbocycles. The molecule has 0 saturated heterocycles. The number of esters is 1. The molecule has 23 heavy (non-hydrogen) atoms. The molecule has 1 heterocycles. The number of rotatable bonds is 6. The van der Waals surface area contributed by atoms with Crippen LogP contribution in [0.3, 0.4) is 0 Å². The van der Waals surface area contributed by atoms with Gasteiger partial charge in [-0.15, -0.1) is 6.58 Å². The van der Waals surface area contributed by atoms with E-state index in [0.717, 1.165) is 0 Å². The molecule has 0 atom stereocenters. The Morgan fingerprint density at radius 1 is 1.35 bits per heavy atom. The van der Waals surface area contributed by atoms with Crippen LogP contribution < -0.4 is 4.90 Å². The Labute approximate surface area is 135 Å². The summed E-state index contributed by atoms with van der Waals surface area (Å²) < 4.78 is 4.87. The van der Waals surface area contributed by atoms with E-state index in [0.29, 0.717) is 24.4 Å². The molecule has 0 unspecified atom stereocenters. The van der Waals surface area contributed by atoms with Crippen molar-refractivity contribution in [2.75, 3.05) is 31.1 Å². The van der Waals surface area contributed by atoms with E-state index in [-0.39, 0.29) is 37.3 Å². The SMILES string of the molecule is C=CCN1C(=O)CN(CCC(=O)OCC)C(=O)c2ccccc21. The summed E-state index contributed by atoms with van der Waals surface area (Å²) in [5.41, 5.74) is 1.02. The van der Waals surface area contributed by atoms with Gasteiger partial charge in [0.2, 0.25) is 5.91 Å². The van der Waals surface area contributed by atoms with Crippen LogP contribution in [0.25, 0.3) is 0 Å². The Morgan fingerprint density at radius 3 is 2.78 bits per heavy atom. The third-order valence-electron chi connectivity index (χ3n) is 3.54. The van der Waals surface area contributed by atoms with Crippen LogP contribution in [-0.2, 0) is 14.3 Å². The minimum absolute atomic E-state index is 0.0660. The van der Waals surface area contributed by atoms with Crippen LogP contribution in [-0.4, -0.2) is 48.9 Å². The maximum absolute atomic E-state index is 12.7. The van der Waals surface area contributed by atoms with Gasteiger partial charge in [0.15, 0.2) is 0 Å². The molecule has 0 fully saturated rings. The van der Waals surface area contributed by atoms with E-state index in [2.05, 4.69) is 6.58 Å². The van der Waals surface area contributed by atoms with Gasteiger partial charge in [0.1, 0.15) is 6.54 Å². The number of ether oxygens (including phenoxy) is 1. The number of hydrogen-bond donors (Lipinski definition) is 0. The van der Waals surface area contributed by atoms with Crippen LogP contribution in [0.15, 0.2) is 36.9 Å². The van der Waals surface area contributed by atoms with Gasteiger partial charge in [-0.1, -0.05) is 18.2 Å². The summed E-state index contributed by atoms with van der Waals surface area (Å²) in [4.78, 5) is 39.6. The van der Waals surface area contributed by atoms with Crippen LogP contribution >= 0.6 is 0 Å². The van der Waals surface area contributed by atoms with E-state index in [1.807, 2.05) is 0 Å². The fraction of sp³-hybridized carbons (Fsp3) is 0.353. The van der Waals surface area contributed by atoms with E-state index >= 15 is 0 Å². The summed E-state index contributed by atoms with van der Waals surface area (Å²) in [5, 5.41) is 0. The second-order valence-corrected chi connectivity index (χ2v) is 5.09. The van der Waals surface area contributed by atoms with Crippen LogP contribution in [0, 0.1) is 0 Å². The molecule has 6 heteroatoms. The Morgan fingerprint density at radius 2 is 2.09 bits per heavy atom. The molecule has 0 aromatic heterocycles.